The molecule has 2 aromatic rings. The van der Waals surface area contributed by atoms with Crippen LogP contribution in [0.5, 0.6) is 0 Å². The van der Waals surface area contributed by atoms with Crippen LogP contribution in [0.4, 0.5) is 10.1 Å². The number of carbonyl (C=O) groups excluding carboxylic acids is 1. The van der Waals surface area contributed by atoms with E-state index in [0.717, 1.165) is 16.8 Å². The zero-order chi connectivity index (χ0) is 15.0. The summed E-state index contributed by atoms with van der Waals surface area (Å²) < 4.78 is 13.7. The predicted octanol–water partition coefficient (Wildman–Crippen LogP) is 3.22. The van der Waals surface area contributed by atoms with Gasteiger partial charge in [-0.1, -0.05) is 35.9 Å². The molecule has 1 amide bonds. The van der Waals surface area contributed by atoms with Gasteiger partial charge in [-0.05, 0) is 35.2 Å². The molecule has 1 aliphatic rings. The average molecular weight is 305 g/mol. The Morgan fingerprint density at radius 1 is 1.33 bits per heavy atom. The van der Waals surface area contributed by atoms with Crippen molar-refractivity contribution in [2.45, 2.75) is 18.9 Å². The quantitative estimate of drug-likeness (QED) is 0.915. The van der Waals surface area contributed by atoms with Crippen molar-refractivity contribution < 1.29 is 9.18 Å². The summed E-state index contributed by atoms with van der Waals surface area (Å²) in [5.74, 6) is -0.331. The summed E-state index contributed by atoms with van der Waals surface area (Å²) in [4.78, 5) is 11.4. The van der Waals surface area contributed by atoms with Crippen LogP contribution in [-0.2, 0) is 17.6 Å². The molecule has 0 fully saturated rings. The second kappa shape index (κ2) is 5.47. The van der Waals surface area contributed by atoms with E-state index in [1.54, 1.807) is 24.3 Å². The Morgan fingerprint density at radius 2 is 2.10 bits per heavy atom. The Kier molecular flexibility index (Phi) is 3.66. The van der Waals surface area contributed by atoms with Crippen LogP contribution in [0, 0.1) is 5.82 Å². The van der Waals surface area contributed by atoms with Gasteiger partial charge in [0, 0.05) is 16.8 Å². The third kappa shape index (κ3) is 2.77. The zero-order valence-corrected chi connectivity index (χ0v) is 12.0. The topological polar surface area (TPSA) is 55.1 Å². The van der Waals surface area contributed by atoms with Gasteiger partial charge in [-0.3, -0.25) is 4.79 Å². The highest BCUT2D eigenvalue weighted by Gasteiger charge is 2.22. The molecular formula is C16H14ClFN2O. The van der Waals surface area contributed by atoms with Crippen LogP contribution < -0.4 is 11.1 Å². The summed E-state index contributed by atoms with van der Waals surface area (Å²) in [5, 5.41) is 3.22. The summed E-state index contributed by atoms with van der Waals surface area (Å²) in [6.45, 7) is 0. The molecule has 21 heavy (non-hydrogen) atoms. The van der Waals surface area contributed by atoms with E-state index in [9.17, 15) is 9.18 Å². The van der Waals surface area contributed by atoms with Crippen molar-refractivity contribution in [2.24, 2.45) is 5.73 Å². The lowest BCUT2D eigenvalue weighted by Crippen LogP contribution is -2.15. The fourth-order valence-corrected chi connectivity index (χ4v) is 2.87. The number of rotatable bonds is 3. The molecule has 0 saturated carbocycles. The Bertz CT molecular complexity index is 717. The first-order valence-corrected chi connectivity index (χ1v) is 7.03. The van der Waals surface area contributed by atoms with Crippen LogP contribution in [0.3, 0.4) is 0 Å². The van der Waals surface area contributed by atoms with E-state index in [1.807, 2.05) is 6.07 Å². The van der Waals surface area contributed by atoms with Crippen molar-refractivity contribution in [3.05, 3.63) is 63.9 Å². The fraction of sp³-hybridized carbons (Fsp3) is 0.188. The number of nitrogens with two attached hydrogens (primary N) is 1. The molecule has 0 spiro atoms. The molecule has 0 radical (unpaired) electrons. The molecule has 3 N–H and O–H groups in total. The Labute approximate surface area is 126 Å². The van der Waals surface area contributed by atoms with E-state index in [0.29, 0.717) is 23.4 Å². The van der Waals surface area contributed by atoms with Gasteiger partial charge < -0.3 is 11.1 Å². The minimum absolute atomic E-state index is 0.0547. The lowest BCUT2D eigenvalue weighted by molar-refractivity contribution is -0.115. The number of hydrogen-bond acceptors (Lipinski definition) is 2. The molecule has 0 aromatic heterocycles. The Balaban J connectivity index is 1.89. The minimum atomic E-state index is -0.421. The van der Waals surface area contributed by atoms with E-state index < -0.39 is 6.04 Å². The van der Waals surface area contributed by atoms with E-state index in [-0.39, 0.29) is 11.7 Å². The molecule has 1 atom stereocenters. The first kappa shape index (κ1) is 14.0. The standard InChI is InChI=1S/C16H14ClFN2O/c17-12-8-15-10(7-16(21)20-15)5-11(12)14(19)6-9-3-1-2-4-13(9)18/h1-5,8,14H,6-7,19H2,(H,20,21). The molecular weight excluding hydrogens is 291 g/mol. The summed E-state index contributed by atoms with van der Waals surface area (Å²) >= 11 is 6.23. The number of benzene rings is 2. The second-order valence-electron chi connectivity index (χ2n) is 5.16. The molecule has 1 unspecified atom stereocenters. The third-order valence-electron chi connectivity index (χ3n) is 3.64. The highest BCUT2D eigenvalue weighted by molar-refractivity contribution is 6.32. The maximum atomic E-state index is 13.7. The number of amides is 1. The molecule has 0 aliphatic carbocycles. The number of halogens is 2. The molecule has 1 aliphatic heterocycles. The summed E-state index contributed by atoms with van der Waals surface area (Å²) in [6.07, 6.45) is 0.679. The second-order valence-corrected chi connectivity index (χ2v) is 5.57. The predicted molar refractivity (Wildman–Crippen MR) is 80.8 cm³/mol. The number of hydrogen-bond donors (Lipinski definition) is 2. The van der Waals surface area contributed by atoms with Crippen LogP contribution in [0.25, 0.3) is 0 Å². The number of carbonyl (C=O) groups is 1. The van der Waals surface area contributed by atoms with E-state index in [4.69, 9.17) is 17.3 Å². The van der Waals surface area contributed by atoms with Crippen LogP contribution in [0.15, 0.2) is 36.4 Å². The van der Waals surface area contributed by atoms with Crippen LogP contribution in [0.1, 0.15) is 22.7 Å². The lowest BCUT2D eigenvalue weighted by Gasteiger charge is -2.16. The largest absolute Gasteiger partial charge is 0.325 e. The van der Waals surface area contributed by atoms with Crippen molar-refractivity contribution in [3.8, 4) is 0 Å². The number of nitrogens with one attached hydrogen (secondary N) is 1. The van der Waals surface area contributed by atoms with Crippen molar-refractivity contribution in [1.82, 2.24) is 0 Å². The Morgan fingerprint density at radius 3 is 2.86 bits per heavy atom. The molecule has 0 saturated heterocycles. The van der Waals surface area contributed by atoms with Crippen molar-refractivity contribution >= 4 is 23.2 Å². The summed E-state index contributed by atoms with van der Waals surface area (Å²) in [7, 11) is 0. The first-order chi connectivity index (χ1) is 10.0. The molecule has 3 rings (SSSR count). The molecule has 0 bridgehead atoms. The van der Waals surface area contributed by atoms with Gasteiger partial charge in [-0.2, -0.15) is 0 Å². The molecule has 1 heterocycles. The lowest BCUT2D eigenvalue weighted by atomic mass is 9.97. The molecule has 5 heteroatoms. The van der Waals surface area contributed by atoms with Gasteiger partial charge in [-0.15, -0.1) is 0 Å². The molecule has 3 nitrogen and oxygen atoms in total. The first-order valence-electron chi connectivity index (χ1n) is 6.66. The fourth-order valence-electron chi connectivity index (χ4n) is 2.56. The maximum absolute atomic E-state index is 13.7. The van der Waals surface area contributed by atoms with Crippen molar-refractivity contribution in [1.29, 1.82) is 0 Å². The smallest absolute Gasteiger partial charge is 0.228 e. The minimum Gasteiger partial charge on any atom is -0.325 e. The van der Waals surface area contributed by atoms with Gasteiger partial charge in [-0.25, -0.2) is 4.39 Å². The van der Waals surface area contributed by atoms with Gasteiger partial charge >= 0.3 is 0 Å². The van der Waals surface area contributed by atoms with Gasteiger partial charge in [0.1, 0.15) is 5.82 Å². The number of fused-ring (bicyclic) bond motifs is 1. The zero-order valence-electron chi connectivity index (χ0n) is 11.2. The average Bonchev–Trinajstić information content (AvgIpc) is 2.79. The van der Waals surface area contributed by atoms with E-state index in [1.165, 1.54) is 6.07 Å². The van der Waals surface area contributed by atoms with Crippen molar-refractivity contribution in [2.75, 3.05) is 5.32 Å². The SMILES string of the molecule is NC(Cc1ccccc1F)c1cc2c(cc1Cl)NC(=O)C2. The maximum Gasteiger partial charge on any atom is 0.228 e. The molecule has 2 aromatic carbocycles. The number of anilines is 1. The van der Waals surface area contributed by atoms with Gasteiger partial charge in [0.2, 0.25) is 5.91 Å². The highest BCUT2D eigenvalue weighted by Crippen LogP contribution is 2.33. The molecule has 108 valence electrons. The van der Waals surface area contributed by atoms with Gasteiger partial charge in [0.15, 0.2) is 0 Å². The van der Waals surface area contributed by atoms with Crippen LogP contribution >= 0.6 is 11.6 Å². The monoisotopic (exact) mass is 304 g/mol. The third-order valence-corrected chi connectivity index (χ3v) is 3.97. The normalized spacial score (nSPS) is 14.7. The van der Waals surface area contributed by atoms with Gasteiger partial charge in [0.05, 0.1) is 6.42 Å². The van der Waals surface area contributed by atoms with E-state index in [2.05, 4.69) is 5.32 Å². The van der Waals surface area contributed by atoms with E-state index >= 15 is 0 Å². The van der Waals surface area contributed by atoms with Crippen LogP contribution in [-0.4, -0.2) is 5.91 Å². The van der Waals surface area contributed by atoms with Gasteiger partial charge in [0.25, 0.3) is 0 Å². The summed E-state index contributed by atoms with van der Waals surface area (Å²) in [6, 6.07) is 9.66. The summed E-state index contributed by atoms with van der Waals surface area (Å²) in [5.41, 5.74) is 9.06. The van der Waals surface area contributed by atoms with Crippen molar-refractivity contribution in [3.63, 3.8) is 0 Å². The highest BCUT2D eigenvalue weighted by atomic mass is 35.5. The van der Waals surface area contributed by atoms with Crippen LogP contribution in [0.2, 0.25) is 5.02 Å². The Hall–Kier alpha value is -1.91.